The second-order valence-corrected chi connectivity index (χ2v) is 7.70. The van der Waals surface area contributed by atoms with Gasteiger partial charge in [-0.15, -0.1) is 0 Å². The van der Waals surface area contributed by atoms with Crippen LogP contribution in [0.2, 0.25) is 0 Å². The molecule has 4 rings (SSSR count). The average Bonchev–Trinajstić information content (AvgIpc) is 2.82. The molecule has 3 aromatic carbocycles. The quantitative estimate of drug-likeness (QED) is 0.628. The molecule has 0 aromatic heterocycles. The fourth-order valence-corrected chi connectivity index (χ4v) is 3.38. The van der Waals surface area contributed by atoms with E-state index in [2.05, 4.69) is 88.4 Å². The van der Waals surface area contributed by atoms with Gasteiger partial charge in [0.05, 0.1) is 11.2 Å². The predicted molar refractivity (Wildman–Crippen MR) is 105 cm³/mol. The Morgan fingerprint density at radius 3 is 1.92 bits per heavy atom. The third-order valence-electron chi connectivity index (χ3n) is 5.55. The van der Waals surface area contributed by atoms with E-state index in [0.717, 1.165) is 5.46 Å². The van der Waals surface area contributed by atoms with E-state index >= 15 is 0 Å². The van der Waals surface area contributed by atoms with E-state index < -0.39 is 0 Å². The number of hydrogen-bond acceptors (Lipinski definition) is 2. The van der Waals surface area contributed by atoms with Crippen molar-refractivity contribution in [1.29, 1.82) is 0 Å². The van der Waals surface area contributed by atoms with E-state index in [1.54, 1.807) is 0 Å². The molecule has 1 saturated heterocycles. The van der Waals surface area contributed by atoms with E-state index in [9.17, 15) is 0 Å². The van der Waals surface area contributed by atoms with E-state index in [-0.39, 0.29) is 18.3 Å². The van der Waals surface area contributed by atoms with Crippen molar-refractivity contribution in [1.82, 2.24) is 0 Å². The molecule has 2 nitrogen and oxygen atoms in total. The van der Waals surface area contributed by atoms with Crippen LogP contribution >= 0.6 is 0 Å². The molecule has 0 amide bonds. The molecule has 0 aliphatic carbocycles. The van der Waals surface area contributed by atoms with E-state index in [0.29, 0.717) is 0 Å². The average molecular weight is 330 g/mol. The molecule has 1 fully saturated rings. The molecule has 3 heteroatoms. The summed E-state index contributed by atoms with van der Waals surface area (Å²) in [6.45, 7) is 8.36. The minimum Gasteiger partial charge on any atom is -0.399 e. The Hall–Kier alpha value is -2.10. The van der Waals surface area contributed by atoms with Gasteiger partial charge in [0, 0.05) is 0 Å². The molecule has 0 atom stereocenters. The molecule has 25 heavy (non-hydrogen) atoms. The highest BCUT2D eigenvalue weighted by molar-refractivity contribution is 6.65. The summed E-state index contributed by atoms with van der Waals surface area (Å²) in [4.78, 5) is 0. The van der Waals surface area contributed by atoms with Crippen molar-refractivity contribution < 1.29 is 9.31 Å². The van der Waals surface area contributed by atoms with Gasteiger partial charge in [0.25, 0.3) is 0 Å². The Kier molecular flexibility index (Phi) is 3.75. The minimum atomic E-state index is -0.347. The summed E-state index contributed by atoms with van der Waals surface area (Å²) in [5.41, 5.74) is 2.87. The van der Waals surface area contributed by atoms with Crippen LogP contribution in [-0.2, 0) is 9.31 Å². The first kappa shape index (κ1) is 16.4. The van der Waals surface area contributed by atoms with Crippen molar-refractivity contribution in [3.05, 3.63) is 66.7 Å². The van der Waals surface area contributed by atoms with Crippen LogP contribution < -0.4 is 5.46 Å². The van der Waals surface area contributed by atoms with Crippen molar-refractivity contribution in [3.63, 3.8) is 0 Å². The lowest BCUT2D eigenvalue weighted by molar-refractivity contribution is 0.00578. The maximum Gasteiger partial charge on any atom is 0.495 e. The van der Waals surface area contributed by atoms with Gasteiger partial charge in [-0.1, -0.05) is 66.7 Å². The third-order valence-corrected chi connectivity index (χ3v) is 5.55. The first-order valence-electron chi connectivity index (χ1n) is 8.82. The zero-order chi connectivity index (χ0) is 17.7. The highest BCUT2D eigenvalue weighted by Gasteiger charge is 2.52. The van der Waals surface area contributed by atoms with Gasteiger partial charge in [-0.25, -0.2) is 0 Å². The molecular formula is C22H23BO2. The van der Waals surface area contributed by atoms with Crippen LogP contribution in [0, 0.1) is 0 Å². The van der Waals surface area contributed by atoms with Crippen LogP contribution in [0.25, 0.3) is 21.9 Å². The Morgan fingerprint density at radius 2 is 1.24 bits per heavy atom. The molecule has 126 valence electrons. The van der Waals surface area contributed by atoms with Crippen LogP contribution in [0.15, 0.2) is 66.7 Å². The summed E-state index contributed by atoms with van der Waals surface area (Å²) < 4.78 is 12.6. The maximum atomic E-state index is 6.28. The first-order valence-corrected chi connectivity index (χ1v) is 8.82. The molecule has 3 aromatic rings. The minimum absolute atomic E-state index is 0.336. The lowest BCUT2D eigenvalue weighted by atomic mass is 9.75. The first-order chi connectivity index (χ1) is 11.9. The Morgan fingerprint density at radius 1 is 0.640 bits per heavy atom. The molecule has 0 radical (unpaired) electrons. The SMILES string of the molecule is CC1(C)OB(c2cccc3c(-c4ccccc4)cccc23)OC1(C)C. The smallest absolute Gasteiger partial charge is 0.399 e. The maximum absolute atomic E-state index is 6.28. The highest BCUT2D eigenvalue weighted by atomic mass is 16.7. The second-order valence-electron chi connectivity index (χ2n) is 7.70. The molecule has 1 heterocycles. The van der Waals surface area contributed by atoms with Crippen LogP contribution in [0.4, 0.5) is 0 Å². The Labute approximate surface area is 149 Å². The molecular weight excluding hydrogens is 307 g/mol. The van der Waals surface area contributed by atoms with Crippen LogP contribution in [-0.4, -0.2) is 18.3 Å². The molecule has 1 aliphatic heterocycles. The van der Waals surface area contributed by atoms with Crippen molar-refractivity contribution in [3.8, 4) is 11.1 Å². The van der Waals surface area contributed by atoms with Gasteiger partial charge < -0.3 is 9.31 Å². The highest BCUT2D eigenvalue weighted by Crippen LogP contribution is 2.37. The normalized spacial score (nSPS) is 18.6. The van der Waals surface area contributed by atoms with Gasteiger partial charge in [0.2, 0.25) is 0 Å². The zero-order valence-corrected chi connectivity index (χ0v) is 15.2. The molecule has 0 unspecified atom stereocenters. The summed E-state index contributed by atoms with van der Waals surface area (Å²) in [5.74, 6) is 0. The summed E-state index contributed by atoms with van der Waals surface area (Å²) in [7, 11) is -0.347. The fourth-order valence-electron chi connectivity index (χ4n) is 3.38. The van der Waals surface area contributed by atoms with Gasteiger partial charge in [-0.05, 0) is 55.1 Å². The summed E-state index contributed by atoms with van der Waals surface area (Å²) >= 11 is 0. The molecule has 0 N–H and O–H groups in total. The third kappa shape index (κ3) is 2.68. The van der Waals surface area contributed by atoms with Gasteiger partial charge in [-0.2, -0.15) is 0 Å². The van der Waals surface area contributed by atoms with Crippen molar-refractivity contribution >= 4 is 23.4 Å². The van der Waals surface area contributed by atoms with E-state index in [1.807, 2.05) is 6.07 Å². The Balaban J connectivity index is 1.85. The molecule has 1 aliphatic rings. The predicted octanol–water partition coefficient (Wildman–Crippen LogP) is 4.81. The monoisotopic (exact) mass is 330 g/mol. The van der Waals surface area contributed by atoms with Crippen LogP contribution in [0.5, 0.6) is 0 Å². The fraction of sp³-hybridized carbons (Fsp3) is 0.273. The number of rotatable bonds is 2. The van der Waals surface area contributed by atoms with Gasteiger partial charge in [0.15, 0.2) is 0 Å². The lowest BCUT2D eigenvalue weighted by Gasteiger charge is -2.32. The second kappa shape index (κ2) is 5.72. The van der Waals surface area contributed by atoms with E-state index in [4.69, 9.17) is 9.31 Å². The standard InChI is InChI=1S/C22H23BO2/c1-21(2)22(3,4)25-23(24-21)20-15-9-13-18-17(12-8-14-19(18)20)16-10-6-5-7-11-16/h5-15H,1-4H3. The topological polar surface area (TPSA) is 18.5 Å². The van der Waals surface area contributed by atoms with Crippen molar-refractivity contribution in [2.75, 3.05) is 0 Å². The van der Waals surface area contributed by atoms with Crippen molar-refractivity contribution in [2.24, 2.45) is 0 Å². The molecule has 0 saturated carbocycles. The van der Waals surface area contributed by atoms with Gasteiger partial charge in [-0.3, -0.25) is 0 Å². The van der Waals surface area contributed by atoms with E-state index in [1.165, 1.54) is 21.9 Å². The molecule has 0 bridgehead atoms. The summed E-state index contributed by atoms with van der Waals surface area (Å²) in [6.07, 6.45) is 0. The van der Waals surface area contributed by atoms with Gasteiger partial charge in [0.1, 0.15) is 0 Å². The number of fused-ring (bicyclic) bond motifs is 1. The zero-order valence-electron chi connectivity index (χ0n) is 15.2. The van der Waals surface area contributed by atoms with Crippen LogP contribution in [0.3, 0.4) is 0 Å². The van der Waals surface area contributed by atoms with Crippen LogP contribution in [0.1, 0.15) is 27.7 Å². The summed E-state index contributed by atoms with van der Waals surface area (Å²) in [5, 5.41) is 2.41. The van der Waals surface area contributed by atoms with Crippen molar-refractivity contribution in [2.45, 2.75) is 38.9 Å². The largest absolute Gasteiger partial charge is 0.495 e. The molecule has 0 spiro atoms. The van der Waals surface area contributed by atoms with Gasteiger partial charge >= 0.3 is 7.12 Å². The summed E-state index contributed by atoms with van der Waals surface area (Å²) in [6, 6.07) is 23.3. The Bertz CT molecular complexity index is 900. The number of benzene rings is 3. The lowest BCUT2D eigenvalue weighted by Crippen LogP contribution is -2.41. The number of hydrogen-bond donors (Lipinski definition) is 0.